The SMILES string of the molecule is CC1(C)CC(=O)C2=C(C1)NC1=C(CN=N1)C21CCN(S(=O)(=O)c2ccc(F)c(F)c2)CC1. The lowest BCUT2D eigenvalue weighted by molar-refractivity contribution is -0.119. The minimum Gasteiger partial charge on any atom is -0.342 e. The maximum Gasteiger partial charge on any atom is 0.243 e. The number of carbonyl (C=O) groups excluding carboxylic acids is 1. The van der Waals surface area contributed by atoms with Crippen molar-refractivity contribution < 1.29 is 22.0 Å². The first-order valence-electron chi connectivity index (χ1n) is 10.6. The van der Waals surface area contributed by atoms with Crippen LogP contribution in [0.1, 0.15) is 39.5 Å². The Kier molecular flexibility index (Phi) is 4.69. The molecule has 7 nitrogen and oxygen atoms in total. The Balaban J connectivity index is 1.49. The van der Waals surface area contributed by atoms with Gasteiger partial charge in [0.1, 0.15) is 0 Å². The topological polar surface area (TPSA) is 91.2 Å². The number of nitrogens with zero attached hydrogens (tertiary/aromatic N) is 3. The molecule has 1 aromatic rings. The van der Waals surface area contributed by atoms with E-state index in [1.807, 2.05) is 0 Å². The van der Waals surface area contributed by atoms with Gasteiger partial charge in [-0.05, 0) is 42.9 Å². The molecule has 1 aromatic carbocycles. The maximum atomic E-state index is 13.7. The van der Waals surface area contributed by atoms with Gasteiger partial charge in [0.25, 0.3) is 0 Å². The Morgan fingerprint density at radius 2 is 1.81 bits per heavy atom. The van der Waals surface area contributed by atoms with E-state index in [0.29, 0.717) is 44.1 Å². The Morgan fingerprint density at radius 3 is 2.50 bits per heavy atom. The maximum absolute atomic E-state index is 13.7. The quantitative estimate of drug-likeness (QED) is 0.726. The summed E-state index contributed by atoms with van der Waals surface area (Å²) in [5.74, 6) is -1.54. The third-order valence-corrected chi connectivity index (χ3v) is 8.89. The highest BCUT2D eigenvalue weighted by molar-refractivity contribution is 7.89. The standard InChI is InChI=1S/C22H24F2N4O3S/c1-21(2)10-17-19(18(29)11-21)22(14-12-25-27-20(14)26-17)5-7-28(8-6-22)32(30,31)13-3-4-15(23)16(24)9-13/h3-4,9,26H,5-8,10-12H2,1-2H3. The van der Waals surface area contributed by atoms with Crippen LogP contribution in [0.3, 0.4) is 0 Å². The highest BCUT2D eigenvalue weighted by atomic mass is 32.2. The molecule has 5 rings (SSSR count). The monoisotopic (exact) mass is 462 g/mol. The average molecular weight is 463 g/mol. The Hall–Kier alpha value is -2.46. The van der Waals surface area contributed by atoms with Crippen molar-refractivity contribution in [2.24, 2.45) is 21.1 Å². The van der Waals surface area contributed by atoms with Crippen LogP contribution in [0, 0.1) is 22.5 Å². The fourth-order valence-electron chi connectivity index (χ4n) is 5.51. The molecule has 3 aliphatic heterocycles. The minimum absolute atomic E-state index is 0.0825. The van der Waals surface area contributed by atoms with Crippen LogP contribution >= 0.6 is 0 Å². The number of piperidine rings is 1. The average Bonchev–Trinajstić information content (AvgIpc) is 3.18. The van der Waals surface area contributed by atoms with Gasteiger partial charge in [-0.1, -0.05) is 13.8 Å². The van der Waals surface area contributed by atoms with Gasteiger partial charge >= 0.3 is 0 Å². The number of dihydropyridines is 1. The van der Waals surface area contributed by atoms with Gasteiger partial charge < -0.3 is 5.32 Å². The molecule has 0 atom stereocenters. The lowest BCUT2D eigenvalue weighted by atomic mass is 9.60. The summed E-state index contributed by atoms with van der Waals surface area (Å²) in [5, 5.41) is 11.7. The summed E-state index contributed by atoms with van der Waals surface area (Å²) >= 11 is 0. The smallest absolute Gasteiger partial charge is 0.243 e. The van der Waals surface area contributed by atoms with E-state index in [2.05, 4.69) is 29.4 Å². The molecule has 170 valence electrons. The molecule has 10 heteroatoms. The number of sulfonamides is 1. The molecule has 0 radical (unpaired) electrons. The van der Waals surface area contributed by atoms with Crippen molar-refractivity contribution in [3.05, 3.63) is 52.5 Å². The van der Waals surface area contributed by atoms with Crippen molar-refractivity contribution in [2.75, 3.05) is 19.6 Å². The molecule has 1 spiro atoms. The Morgan fingerprint density at radius 1 is 1.09 bits per heavy atom. The molecule has 0 saturated carbocycles. The van der Waals surface area contributed by atoms with Crippen LogP contribution in [0.25, 0.3) is 0 Å². The molecular formula is C22H24F2N4O3S. The van der Waals surface area contributed by atoms with E-state index < -0.39 is 27.1 Å². The second-order valence-electron chi connectivity index (χ2n) is 9.71. The van der Waals surface area contributed by atoms with Gasteiger partial charge in [0.2, 0.25) is 10.0 Å². The summed E-state index contributed by atoms with van der Waals surface area (Å²) in [6.07, 6.45) is 1.96. The molecule has 1 fully saturated rings. The summed E-state index contributed by atoms with van der Waals surface area (Å²) < 4.78 is 54.4. The first kappa shape index (κ1) is 21.4. The van der Waals surface area contributed by atoms with Gasteiger partial charge in [-0.25, -0.2) is 17.2 Å². The number of carbonyl (C=O) groups is 1. The number of ketones is 1. The van der Waals surface area contributed by atoms with Crippen LogP contribution in [0.5, 0.6) is 0 Å². The van der Waals surface area contributed by atoms with Gasteiger partial charge in [-0.15, -0.1) is 5.11 Å². The zero-order chi connectivity index (χ0) is 22.9. The number of hydrogen-bond acceptors (Lipinski definition) is 6. The van der Waals surface area contributed by atoms with E-state index in [1.54, 1.807) is 0 Å². The van der Waals surface area contributed by atoms with Crippen LogP contribution in [-0.4, -0.2) is 38.1 Å². The Labute approximate surface area is 185 Å². The van der Waals surface area contributed by atoms with Crippen LogP contribution in [0.4, 0.5) is 8.78 Å². The number of rotatable bonds is 2. The van der Waals surface area contributed by atoms with E-state index in [0.717, 1.165) is 29.0 Å². The molecule has 1 aliphatic carbocycles. The first-order chi connectivity index (χ1) is 15.0. The summed E-state index contributed by atoms with van der Waals surface area (Å²) in [5.41, 5.74) is 1.77. The first-order valence-corrected chi connectivity index (χ1v) is 12.1. The van der Waals surface area contributed by atoms with Crippen molar-refractivity contribution in [3.63, 3.8) is 0 Å². The summed E-state index contributed by atoms with van der Waals surface area (Å²) in [7, 11) is -3.99. The lowest BCUT2D eigenvalue weighted by Crippen LogP contribution is -2.50. The predicted octanol–water partition coefficient (Wildman–Crippen LogP) is 3.66. The Bertz CT molecular complexity index is 1230. The normalized spacial score (nSPS) is 24.6. The summed E-state index contributed by atoms with van der Waals surface area (Å²) in [4.78, 5) is 13.0. The van der Waals surface area contributed by atoms with Crippen LogP contribution in [-0.2, 0) is 14.8 Å². The van der Waals surface area contributed by atoms with Crippen molar-refractivity contribution in [3.8, 4) is 0 Å². The second kappa shape index (κ2) is 7.02. The van der Waals surface area contributed by atoms with Gasteiger partial charge in [0.15, 0.2) is 23.2 Å². The number of hydrogen-bond donors (Lipinski definition) is 1. The fraction of sp³-hybridized carbons (Fsp3) is 0.500. The minimum atomic E-state index is -3.99. The lowest BCUT2D eigenvalue weighted by Gasteiger charge is -2.48. The number of Topliss-reactive ketones (excluding diaryl/α,β-unsaturated/α-hetero) is 1. The van der Waals surface area contributed by atoms with E-state index in [9.17, 15) is 22.0 Å². The van der Waals surface area contributed by atoms with Gasteiger partial charge in [-0.3, -0.25) is 4.79 Å². The molecule has 1 saturated heterocycles. The number of azo groups is 1. The van der Waals surface area contributed by atoms with Crippen LogP contribution in [0.15, 0.2) is 56.0 Å². The van der Waals surface area contributed by atoms with E-state index in [1.165, 1.54) is 4.31 Å². The van der Waals surface area contributed by atoms with Crippen LogP contribution in [0.2, 0.25) is 0 Å². The van der Waals surface area contributed by atoms with E-state index in [4.69, 9.17) is 0 Å². The molecule has 0 unspecified atom stereocenters. The zero-order valence-electron chi connectivity index (χ0n) is 17.9. The van der Waals surface area contributed by atoms with Crippen molar-refractivity contribution in [2.45, 2.75) is 44.4 Å². The molecule has 3 heterocycles. The molecule has 1 N–H and O–H groups in total. The second-order valence-corrected chi connectivity index (χ2v) is 11.6. The number of halogens is 2. The van der Waals surface area contributed by atoms with Gasteiger partial charge in [0, 0.05) is 41.8 Å². The van der Waals surface area contributed by atoms with Crippen molar-refractivity contribution in [1.82, 2.24) is 9.62 Å². The largest absolute Gasteiger partial charge is 0.342 e. The zero-order valence-corrected chi connectivity index (χ0v) is 18.7. The van der Waals surface area contributed by atoms with Gasteiger partial charge in [0.05, 0.1) is 11.4 Å². The predicted molar refractivity (Wildman–Crippen MR) is 112 cm³/mol. The van der Waals surface area contributed by atoms with Crippen LogP contribution < -0.4 is 5.32 Å². The van der Waals surface area contributed by atoms with Gasteiger partial charge in [-0.2, -0.15) is 9.42 Å². The molecule has 0 aromatic heterocycles. The summed E-state index contributed by atoms with van der Waals surface area (Å²) in [6, 6.07) is 2.60. The fourth-order valence-corrected chi connectivity index (χ4v) is 6.97. The number of benzene rings is 1. The highest BCUT2D eigenvalue weighted by Crippen LogP contribution is 2.55. The molecular weight excluding hydrogens is 438 g/mol. The van der Waals surface area contributed by atoms with Crippen molar-refractivity contribution in [1.29, 1.82) is 0 Å². The molecule has 0 amide bonds. The molecule has 32 heavy (non-hydrogen) atoms. The molecule has 0 bridgehead atoms. The summed E-state index contributed by atoms with van der Waals surface area (Å²) in [6.45, 7) is 4.81. The third-order valence-electron chi connectivity index (χ3n) is 6.99. The highest BCUT2D eigenvalue weighted by Gasteiger charge is 2.53. The number of fused-ring (bicyclic) bond motifs is 2. The van der Waals surface area contributed by atoms with Crippen molar-refractivity contribution >= 4 is 15.8 Å². The molecule has 4 aliphatic rings. The number of nitrogens with one attached hydrogen (secondary N) is 1. The number of allylic oxidation sites excluding steroid dienone is 2. The van der Waals surface area contributed by atoms with E-state index >= 15 is 0 Å². The third kappa shape index (κ3) is 3.14. The van der Waals surface area contributed by atoms with E-state index in [-0.39, 0.29) is 29.2 Å².